The van der Waals surface area contributed by atoms with Gasteiger partial charge in [-0.2, -0.15) is 18.3 Å². The van der Waals surface area contributed by atoms with E-state index in [0.717, 1.165) is 14.1 Å². The Morgan fingerprint density at radius 3 is 1.82 bits per heavy atom. The molecule has 0 aliphatic heterocycles. The molecule has 9 nitrogen and oxygen atoms in total. The summed E-state index contributed by atoms with van der Waals surface area (Å²) in [6, 6.07) is 0. The number of aryl methyl sites for hydroxylation is 1. The van der Waals surface area contributed by atoms with Gasteiger partial charge in [-0.25, -0.2) is 21.5 Å². The standard InChI is InChI=1S/C8H14F3N5O4S2/c1-14-7(5(12)6(13-14)8(9,10)11)15(2)16(21(3,17)18)22(4,19)20/h12H2,1-4H3. The third-order valence-electron chi connectivity index (χ3n) is 2.44. The molecule has 0 saturated heterocycles. The summed E-state index contributed by atoms with van der Waals surface area (Å²) in [5.41, 5.74) is 3.02. The molecule has 0 radical (unpaired) electrons. The molecular formula is C8H14F3N5O4S2. The average molecular weight is 365 g/mol. The molecule has 0 amide bonds. The number of sulfonamides is 2. The molecule has 128 valence electrons. The molecule has 0 saturated carbocycles. The van der Waals surface area contributed by atoms with Gasteiger partial charge in [0.25, 0.3) is 0 Å². The van der Waals surface area contributed by atoms with Gasteiger partial charge >= 0.3 is 6.18 Å². The van der Waals surface area contributed by atoms with Crippen molar-refractivity contribution in [1.29, 1.82) is 0 Å². The van der Waals surface area contributed by atoms with Crippen LogP contribution in [0.15, 0.2) is 0 Å². The van der Waals surface area contributed by atoms with Crippen molar-refractivity contribution in [3.05, 3.63) is 5.69 Å². The van der Waals surface area contributed by atoms with Crippen molar-refractivity contribution < 1.29 is 30.0 Å². The Hall–Kier alpha value is -1.54. The van der Waals surface area contributed by atoms with Crippen LogP contribution in [0.25, 0.3) is 0 Å². The van der Waals surface area contributed by atoms with Crippen molar-refractivity contribution in [3.8, 4) is 0 Å². The summed E-state index contributed by atoms with van der Waals surface area (Å²) < 4.78 is 85.3. The Morgan fingerprint density at radius 1 is 1.14 bits per heavy atom. The van der Waals surface area contributed by atoms with Crippen LogP contribution in [-0.4, -0.2) is 50.0 Å². The molecular weight excluding hydrogens is 351 g/mol. The summed E-state index contributed by atoms with van der Waals surface area (Å²) in [5, 5.41) is 3.63. The fourth-order valence-electron chi connectivity index (χ4n) is 1.89. The van der Waals surface area contributed by atoms with Crippen LogP contribution in [-0.2, 0) is 33.3 Å². The minimum Gasteiger partial charge on any atom is -0.394 e. The van der Waals surface area contributed by atoms with Crippen LogP contribution < -0.4 is 10.7 Å². The van der Waals surface area contributed by atoms with Gasteiger partial charge in [0.2, 0.25) is 20.0 Å². The fraction of sp³-hybridized carbons (Fsp3) is 0.625. The summed E-state index contributed by atoms with van der Waals surface area (Å²) in [4.78, 5) is 0. The van der Waals surface area contributed by atoms with E-state index >= 15 is 0 Å². The van der Waals surface area contributed by atoms with Crippen molar-refractivity contribution in [1.82, 2.24) is 13.6 Å². The first kappa shape index (κ1) is 18.5. The normalized spacial score (nSPS) is 13.6. The van der Waals surface area contributed by atoms with Gasteiger partial charge in [-0.15, -0.1) is 0 Å². The van der Waals surface area contributed by atoms with Gasteiger partial charge in [-0.1, -0.05) is 0 Å². The Balaban J connectivity index is 3.59. The van der Waals surface area contributed by atoms with E-state index in [9.17, 15) is 30.0 Å². The Morgan fingerprint density at radius 2 is 1.55 bits per heavy atom. The molecule has 1 rings (SSSR count). The Labute approximate surface area is 125 Å². The van der Waals surface area contributed by atoms with E-state index in [-0.39, 0.29) is 3.82 Å². The largest absolute Gasteiger partial charge is 0.437 e. The van der Waals surface area contributed by atoms with E-state index in [1.807, 2.05) is 0 Å². The lowest BCUT2D eigenvalue weighted by Gasteiger charge is -2.29. The molecule has 1 aromatic rings. The lowest BCUT2D eigenvalue weighted by atomic mass is 10.3. The lowest BCUT2D eigenvalue weighted by molar-refractivity contribution is -0.140. The van der Waals surface area contributed by atoms with Gasteiger partial charge in [0, 0.05) is 14.1 Å². The number of nitrogens with zero attached hydrogens (tertiary/aromatic N) is 4. The zero-order chi connectivity index (χ0) is 17.7. The second-order valence-corrected chi connectivity index (χ2v) is 8.29. The van der Waals surface area contributed by atoms with E-state index in [2.05, 4.69) is 5.10 Å². The smallest absolute Gasteiger partial charge is 0.394 e. The van der Waals surface area contributed by atoms with Gasteiger partial charge in [0.15, 0.2) is 11.5 Å². The zero-order valence-electron chi connectivity index (χ0n) is 11.9. The Kier molecular flexibility index (Phi) is 4.44. The monoisotopic (exact) mass is 365 g/mol. The maximum absolute atomic E-state index is 12.7. The number of rotatable bonds is 4. The second-order valence-electron chi connectivity index (χ2n) is 4.43. The number of halogens is 3. The van der Waals surface area contributed by atoms with E-state index in [1.54, 1.807) is 0 Å². The quantitative estimate of drug-likeness (QED) is 0.721. The third kappa shape index (κ3) is 3.44. The average Bonchev–Trinajstić information content (AvgIpc) is 2.48. The number of nitrogens with two attached hydrogens (primary N) is 1. The highest BCUT2D eigenvalue weighted by Gasteiger charge is 2.41. The first-order valence-electron chi connectivity index (χ1n) is 5.42. The van der Waals surface area contributed by atoms with Crippen molar-refractivity contribution in [2.24, 2.45) is 7.05 Å². The summed E-state index contributed by atoms with van der Waals surface area (Å²) in [6.45, 7) is 0. The molecule has 22 heavy (non-hydrogen) atoms. The molecule has 0 unspecified atom stereocenters. The highest BCUT2D eigenvalue weighted by Crippen LogP contribution is 2.38. The summed E-state index contributed by atoms with van der Waals surface area (Å²) in [5.74, 6) is -0.539. The van der Waals surface area contributed by atoms with E-state index < -0.39 is 43.4 Å². The number of alkyl halides is 3. The highest BCUT2D eigenvalue weighted by atomic mass is 32.3. The minimum absolute atomic E-state index is 0.0759. The molecule has 0 atom stereocenters. The molecule has 1 aromatic heterocycles. The second kappa shape index (κ2) is 5.27. The first-order chi connectivity index (χ1) is 9.58. The molecule has 0 spiro atoms. The molecule has 0 aliphatic carbocycles. The topological polar surface area (TPSA) is 119 Å². The van der Waals surface area contributed by atoms with E-state index in [4.69, 9.17) is 5.73 Å². The Bertz CT molecular complexity index is 751. The summed E-state index contributed by atoms with van der Waals surface area (Å²) in [6.07, 6.45) is -3.70. The number of hydrazine groups is 1. The molecule has 2 N–H and O–H groups in total. The predicted molar refractivity (Wildman–Crippen MR) is 72.6 cm³/mol. The summed E-state index contributed by atoms with van der Waals surface area (Å²) in [7, 11) is -6.66. The predicted octanol–water partition coefficient (Wildman–Crippen LogP) is -0.406. The number of anilines is 2. The maximum atomic E-state index is 12.7. The van der Waals surface area contributed by atoms with Crippen LogP contribution in [0.5, 0.6) is 0 Å². The fourth-order valence-corrected chi connectivity index (χ4v) is 4.90. The molecule has 0 fully saturated rings. The zero-order valence-corrected chi connectivity index (χ0v) is 13.6. The molecule has 1 heterocycles. The highest BCUT2D eigenvalue weighted by molar-refractivity contribution is 8.03. The molecule has 0 aromatic carbocycles. The first-order valence-corrected chi connectivity index (χ1v) is 9.12. The number of hydrogen-bond donors (Lipinski definition) is 1. The van der Waals surface area contributed by atoms with Gasteiger partial charge in [-0.05, 0) is 3.82 Å². The number of aromatic nitrogens is 2. The minimum atomic E-state index is -4.87. The third-order valence-corrected chi connectivity index (χ3v) is 5.69. The van der Waals surface area contributed by atoms with Crippen molar-refractivity contribution in [3.63, 3.8) is 0 Å². The van der Waals surface area contributed by atoms with Crippen LogP contribution in [0, 0.1) is 0 Å². The van der Waals surface area contributed by atoms with Crippen LogP contribution in [0.2, 0.25) is 0 Å². The number of nitrogen functional groups attached to an aromatic ring is 1. The van der Waals surface area contributed by atoms with Crippen molar-refractivity contribution >= 4 is 31.6 Å². The maximum Gasteiger partial charge on any atom is 0.437 e. The van der Waals surface area contributed by atoms with Crippen LogP contribution in [0.4, 0.5) is 24.7 Å². The van der Waals surface area contributed by atoms with Gasteiger partial charge in [0.05, 0.1) is 12.5 Å². The molecule has 0 aliphatic rings. The van der Waals surface area contributed by atoms with Gasteiger partial charge in [0.1, 0.15) is 5.69 Å². The lowest BCUT2D eigenvalue weighted by Crippen LogP contribution is -2.48. The van der Waals surface area contributed by atoms with Gasteiger partial charge < -0.3 is 5.73 Å². The summed E-state index contributed by atoms with van der Waals surface area (Å²) >= 11 is 0. The van der Waals surface area contributed by atoms with E-state index in [0.29, 0.717) is 22.2 Å². The SMILES string of the molecule is CN(c1c(N)c(C(F)(F)F)nn1C)N(S(C)(=O)=O)S(C)(=O)=O. The molecule has 14 heteroatoms. The number of hydrogen-bond acceptors (Lipinski definition) is 7. The van der Waals surface area contributed by atoms with Crippen LogP contribution >= 0.6 is 0 Å². The molecule has 0 bridgehead atoms. The van der Waals surface area contributed by atoms with Crippen LogP contribution in [0.3, 0.4) is 0 Å². The van der Waals surface area contributed by atoms with E-state index in [1.165, 1.54) is 0 Å². The van der Waals surface area contributed by atoms with Gasteiger partial charge in [-0.3, -0.25) is 5.01 Å². The van der Waals surface area contributed by atoms with Crippen molar-refractivity contribution in [2.45, 2.75) is 6.18 Å². The van der Waals surface area contributed by atoms with Crippen molar-refractivity contribution in [2.75, 3.05) is 30.3 Å². The van der Waals surface area contributed by atoms with Crippen LogP contribution in [0.1, 0.15) is 5.69 Å².